The number of nitrogens with one attached hydrogen (secondary N) is 2. The Labute approximate surface area is 359 Å². The molecule has 1 saturated heterocycles. The van der Waals surface area contributed by atoms with Crippen LogP contribution in [0, 0.1) is 5.41 Å². The molecule has 336 valence electrons. The molecule has 3 heterocycles. The SMILES string of the molecule is CC(C)(C)CC[C@H](NC(=O)c1ccc(Oc2cccc(OC3CN(C(=O)COCCOCCOC/C(C=NCC(=O)NCCCn4nccc4C(N)=O)=N/N)C3)c2)nc1)C(=O)O. The van der Waals surface area contributed by atoms with Crippen molar-refractivity contribution < 1.29 is 52.8 Å². The fraction of sp³-hybridized carbons (Fsp3) is 0.488. The van der Waals surface area contributed by atoms with Gasteiger partial charge in [-0.3, -0.25) is 28.9 Å². The molecule has 0 bridgehead atoms. The van der Waals surface area contributed by atoms with Gasteiger partial charge in [0.05, 0.1) is 51.7 Å². The van der Waals surface area contributed by atoms with E-state index in [9.17, 15) is 29.1 Å². The first-order valence-electron chi connectivity index (χ1n) is 20.0. The predicted octanol–water partition coefficient (Wildman–Crippen LogP) is 1.41. The summed E-state index contributed by atoms with van der Waals surface area (Å²) in [6, 6.07) is 10.5. The molecule has 62 heavy (non-hydrogen) atoms. The molecule has 1 aliphatic heterocycles. The zero-order valence-corrected chi connectivity index (χ0v) is 35.2. The summed E-state index contributed by atoms with van der Waals surface area (Å²) in [4.78, 5) is 70.2. The Bertz CT molecular complexity index is 1990. The van der Waals surface area contributed by atoms with Crippen LogP contribution in [0.25, 0.3) is 0 Å². The topological polar surface area (TPSA) is 287 Å². The summed E-state index contributed by atoms with van der Waals surface area (Å²) >= 11 is 0. The Morgan fingerprint density at radius 1 is 1.00 bits per heavy atom. The van der Waals surface area contributed by atoms with Crippen LogP contribution in [0.1, 0.15) is 60.9 Å². The van der Waals surface area contributed by atoms with E-state index in [1.54, 1.807) is 29.2 Å². The van der Waals surface area contributed by atoms with Crippen molar-refractivity contribution in [1.29, 1.82) is 0 Å². The van der Waals surface area contributed by atoms with Gasteiger partial charge in [0.2, 0.25) is 17.7 Å². The number of aryl methyl sites for hydroxylation is 1. The fourth-order valence-electron chi connectivity index (χ4n) is 5.63. The van der Waals surface area contributed by atoms with Crippen molar-refractivity contribution in [1.82, 2.24) is 30.3 Å². The number of hydrogen-bond acceptors (Lipinski definition) is 15. The molecule has 21 nitrogen and oxygen atoms in total. The first-order chi connectivity index (χ1) is 29.7. The molecule has 1 fully saturated rings. The number of ether oxygens (including phenoxy) is 5. The van der Waals surface area contributed by atoms with E-state index in [1.165, 1.54) is 41.5 Å². The summed E-state index contributed by atoms with van der Waals surface area (Å²) in [5.41, 5.74) is 6.06. The molecule has 1 aromatic carbocycles. The summed E-state index contributed by atoms with van der Waals surface area (Å²) in [5, 5.41) is 22.5. The second kappa shape index (κ2) is 24.7. The van der Waals surface area contributed by atoms with Crippen molar-refractivity contribution in [2.75, 3.05) is 65.8 Å². The molecule has 7 N–H and O–H groups in total. The number of aliphatic imine (C=N–C) groups is 1. The Morgan fingerprint density at radius 2 is 1.73 bits per heavy atom. The van der Waals surface area contributed by atoms with Crippen molar-refractivity contribution in [2.45, 2.75) is 58.7 Å². The summed E-state index contributed by atoms with van der Waals surface area (Å²) in [7, 11) is 0. The van der Waals surface area contributed by atoms with Crippen molar-refractivity contribution >= 4 is 41.5 Å². The van der Waals surface area contributed by atoms with E-state index >= 15 is 0 Å². The Morgan fingerprint density at radius 3 is 2.40 bits per heavy atom. The number of hydrogen-bond donors (Lipinski definition) is 5. The average Bonchev–Trinajstić information content (AvgIpc) is 3.70. The van der Waals surface area contributed by atoms with Crippen molar-refractivity contribution in [3.63, 3.8) is 0 Å². The van der Waals surface area contributed by atoms with E-state index in [0.29, 0.717) is 68.3 Å². The van der Waals surface area contributed by atoms with E-state index in [0.717, 1.165) is 0 Å². The van der Waals surface area contributed by atoms with Crippen LogP contribution in [0.4, 0.5) is 0 Å². The van der Waals surface area contributed by atoms with Crippen LogP contribution in [-0.4, -0.2) is 144 Å². The molecule has 3 aromatic rings. The van der Waals surface area contributed by atoms with E-state index in [2.05, 4.69) is 30.8 Å². The number of primary amides is 1. The first kappa shape index (κ1) is 48.2. The number of nitrogens with zero attached hydrogens (tertiary/aromatic N) is 6. The van der Waals surface area contributed by atoms with Crippen molar-refractivity contribution in [3.05, 3.63) is 66.1 Å². The van der Waals surface area contributed by atoms with Gasteiger partial charge in [-0.25, -0.2) is 9.78 Å². The van der Waals surface area contributed by atoms with Gasteiger partial charge in [-0.2, -0.15) is 10.2 Å². The van der Waals surface area contributed by atoms with E-state index in [4.69, 9.17) is 35.3 Å². The molecule has 0 aliphatic carbocycles. The lowest BCUT2D eigenvalue weighted by atomic mass is 9.88. The number of aromatic nitrogens is 3. The molecular weight excluding hydrogens is 809 g/mol. The predicted molar refractivity (Wildman–Crippen MR) is 225 cm³/mol. The minimum atomic E-state index is -1.09. The van der Waals surface area contributed by atoms with Gasteiger partial charge in [-0.05, 0) is 48.9 Å². The second-order valence-electron chi connectivity index (χ2n) is 15.3. The molecule has 0 radical (unpaired) electrons. The lowest BCUT2D eigenvalue weighted by Crippen LogP contribution is -2.57. The molecule has 1 atom stereocenters. The van der Waals surface area contributed by atoms with Gasteiger partial charge >= 0.3 is 5.97 Å². The highest BCUT2D eigenvalue weighted by Gasteiger charge is 2.32. The highest BCUT2D eigenvalue weighted by Crippen LogP contribution is 2.27. The quantitative estimate of drug-likeness (QED) is 0.0314. The van der Waals surface area contributed by atoms with Gasteiger partial charge in [0.1, 0.15) is 48.2 Å². The zero-order chi connectivity index (χ0) is 44.9. The van der Waals surface area contributed by atoms with E-state index in [-0.39, 0.29) is 81.0 Å². The van der Waals surface area contributed by atoms with Crippen molar-refractivity contribution in [3.8, 4) is 17.4 Å². The van der Waals surface area contributed by atoms with Crippen LogP contribution in [0.15, 0.2) is 65.0 Å². The first-order valence-corrected chi connectivity index (χ1v) is 20.0. The number of rotatable bonds is 27. The largest absolute Gasteiger partial charge is 0.487 e. The smallest absolute Gasteiger partial charge is 0.326 e. The van der Waals surface area contributed by atoms with Crippen molar-refractivity contribution in [2.24, 2.45) is 27.1 Å². The highest BCUT2D eigenvalue weighted by atomic mass is 16.5. The fourth-order valence-corrected chi connectivity index (χ4v) is 5.63. The van der Waals surface area contributed by atoms with Gasteiger partial charge in [-0.15, -0.1) is 0 Å². The number of pyridine rings is 1. The van der Waals surface area contributed by atoms with Crippen LogP contribution in [0.2, 0.25) is 0 Å². The van der Waals surface area contributed by atoms with Crippen LogP contribution in [0.3, 0.4) is 0 Å². The summed E-state index contributed by atoms with van der Waals surface area (Å²) in [6.45, 7) is 8.41. The highest BCUT2D eigenvalue weighted by molar-refractivity contribution is 6.31. The summed E-state index contributed by atoms with van der Waals surface area (Å²) in [5.74, 6) is 3.95. The second-order valence-corrected chi connectivity index (χ2v) is 15.3. The maximum atomic E-state index is 12.7. The molecule has 2 aromatic heterocycles. The third-order valence-corrected chi connectivity index (χ3v) is 9.01. The van der Waals surface area contributed by atoms with Crippen LogP contribution in [0.5, 0.6) is 17.4 Å². The van der Waals surface area contributed by atoms with Gasteiger partial charge in [0.25, 0.3) is 11.8 Å². The molecule has 0 spiro atoms. The third-order valence-electron chi connectivity index (χ3n) is 9.01. The average molecular weight is 865 g/mol. The molecule has 1 aliphatic rings. The summed E-state index contributed by atoms with van der Waals surface area (Å²) < 4.78 is 29.8. The number of carboxylic acids is 1. The van der Waals surface area contributed by atoms with Gasteiger partial charge in [-0.1, -0.05) is 26.8 Å². The van der Waals surface area contributed by atoms with E-state index < -0.39 is 23.8 Å². The number of aliphatic carboxylic acids is 1. The number of nitrogens with two attached hydrogens (primary N) is 2. The van der Waals surface area contributed by atoms with E-state index in [1.807, 2.05) is 20.8 Å². The normalized spacial score (nSPS) is 13.7. The number of hydrazone groups is 1. The standard InChI is InChI=1S/C41H56N10O11/c1-41(2,3)12-10-33(40(56)57)48-39(55)28-8-9-36(46-21-28)62-31-7-4-6-30(20-31)61-32-24-50(25-32)37(53)27-60-19-17-58-16-18-59-26-29(49-43)22-44-23-35(52)45-13-5-15-51-34(38(42)54)11-14-47-51/h4,6-9,11,14,20-22,32-33H,5,10,12-13,15-19,23-27,43H2,1-3H3,(H2,42,54)(H,45,52)(H,48,55)(H,56,57)/b44-22?,49-29+/t33-/m0/s1. The Kier molecular flexibility index (Phi) is 19.2. The third kappa shape index (κ3) is 17.3. The monoisotopic (exact) mass is 864 g/mol. The lowest BCUT2D eigenvalue weighted by Gasteiger charge is -2.38. The minimum absolute atomic E-state index is 0.0642. The number of likely N-dealkylation sites (tertiary alicyclic amines) is 1. The number of carbonyl (C=O) groups excluding carboxylic acids is 4. The Balaban J connectivity index is 1.01. The number of carbonyl (C=O) groups is 5. The summed E-state index contributed by atoms with van der Waals surface area (Å²) in [6.07, 6.45) is 5.44. The lowest BCUT2D eigenvalue weighted by molar-refractivity contribution is -0.145. The number of amides is 4. The molecule has 21 heteroatoms. The minimum Gasteiger partial charge on any atom is -0.487 e. The maximum absolute atomic E-state index is 12.7. The van der Waals surface area contributed by atoms with Gasteiger partial charge in [0, 0.05) is 43.8 Å². The molecule has 0 saturated carbocycles. The van der Waals surface area contributed by atoms with Crippen LogP contribution < -0.4 is 31.7 Å². The zero-order valence-electron chi connectivity index (χ0n) is 35.2. The van der Waals surface area contributed by atoms with Crippen LogP contribution in [-0.2, 0) is 35.1 Å². The van der Waals surface area contributed by atoms with Crippen LogP contribution >= 0.6 is 0 Å². The maximum Gasteiger partial charge on any atom is 0.326 e. The Hall–Kier alpha value is -6.45. The molecular formula is C41H56N10O11. The number of benzene rings is 1. The van der Waals surface area contributed by atoms with Gasteiger partial charge < -0.3 is 55.9 Å². The molecule has 0 unspecified atom stereocenters. The molecule has 4 rings (SSSR count). The number of carboxylic acid groups (broad SMARTS) is 1. The van der Waals surface area contributed by atoms with Gasteiger partial charge in [0.15, 0.2) is 0 Å². The molecule has 4 amide bonds.